The summed E-state index contributed by atoms with van der Waals surface area (Å²) in [6.07, 6.45) is 0. The summed E-state index contributed by atoms with van der Waals surface area (Å²) in [4.78, 5) is 20.1. The quantitative estimate of drug-likeness (QED) is 0.584. The second-order valence-electron chi connectivity index (χ2n) is 9.74. The van der Waals surface area contributed by atoms with Gasteiger partial charge in [0.05, 0.1) is 5.41 Å². The molecule has 0 bridgehead atoms. The van der Waals surface area contributed by atoms with E-state index in [9.17, 15) is 13.6 Å². The normalized spacial score (nSPS) is 16.1. The number of aryl methyl sites for hydroxylation is 1. The van der Waals surface area contributed by atoms with Crippen LogP contribution in [0.15, 0.2) is 36.4 Å². The number of hydrogen-bond donors (Lipinski definition) is 2. The zero-order valence-corrected chi connectivity index (χ0v) is 20.2. The van der Waals surface area contributed by atoms with Crippen LogP contribution in [0.1, 0.15) is 50.4 Å². The van der Waals surface area contributed by atoms with Crippen LogP contribution in [-0.2, 0) is 10.2 Å². The van der Waals surface area contributed by atoms with E-state index in [4.69, 9.17) is 0 Å². The van der Waals surface area contributed by atoms with Crippen molar-refractivity contribution in [2.45, 2.75) is 58.1 Å². The van der Waals surface area contributed by atoms with Crippen LogP contribution in [0.25, 0.3) is 0 Å². The molecule has 0 aliphatic carbocycles. The number of halogens is 2. The summed E-state index contributed by atoms with van der Waals surface area (Å²) in [5, 5.41) is 6.14. The molecule has 1 aliphatic heterocycles. The molecule has 1 saturated heterocycles. The Labute approximate surface area is 194 Å². The van der Waals surface area contributed by atoms with Crippen molar-refractivity contribution >= 4 is 11.6 Å². The van der Waals surface area contributed by atoms with Crippen LogP contribution in [0.2, 0.25) is 0 Å². The summed E-state index contributed by atoms with van der Waals surface area (Å²) < 4.78 is 30.5. The second kappa shape index (κ2) is 9.73. The molecule has 1 aliphatic rings. The van der Waals surface area contributed by atoms with E-state index in [0.717, 1.165) is 17.7 Å². The van der Waals surface area contributed by atoms with E-state index in [2.05, 4.69) is 52.9 Å². The first kappa shape index (κ1) is 25.1. The Morgan fingerprint density at radius 1 is 1.21 bits per heavy atom. The number of hydrogen-bond acceptors (Lipinski definition) is 5. The number of ether oxygens (including phenoxy) is 1. The number of carbonyl (C=O) groups is 1. The molecule has 0 atom stereocenters. The van der Waals surface area contributed by atoms with E-state index >= 15 is 0 Å². The minimum absolute atomic E-state index is 0.112. The predicted octanol–water partition coefficient (Wildman–Crippen LogP) is 4.30. The molecule has 0 unspecified atom stereocenters. The number of nitrogens with one attached hydrogen (secondary N) is 2. The van der Waals surface area contributed by atoms with Gasteiger partial charge >= 0.3 is 6.61 Å². The van der Waals surface area contributed by atoms with Crippen molar-refractivity contribution in [2.24, 2.45) is 0 Å². The van der Waals surface area contributed by atoms with Gasteiger partial charge in [-0.3, -0.25) is 9.69 Å². The minimum Gasteiger partial charge on any atom is -0.415 e. The lowest BCUT2D eigenvalue weighted by atomic mass is 9.69. The van der Waals surface area contributed by atoms with Gasteiger partial charge in [-0.1, -0.05) is 38.1 Å². The highest BCUT2D eigenvalue weighted by molar-refractivity contribution is 6.01. The third kappa shape index (κ3) is 5.50. The number of nitrogens with zero attached hydrogens (tertiary/aromatic N) is 2. The molecule has 0 radical (unpaired) electrons. The SMILES string of the molecule is CNC(C)(C)CN1CC(C(=O)Nc2ccc(C)nc2OC(F)F)(c2ccccc2C(C)C)C1. The molecule has 1 fully saturated rings. The molecule has 1 aromatic carbocycles. The number of likely N-dealkylation sites (N-methyl/N-ethyl adjacent to an activating group) is 1. The maximum Gasteiger partial charge on any atom is 0.388 e. The van der Waals surface area contributed by atoms with Gasteiger partial charge in [0, 0.05) is 30.9 Å². The summed E-state index contributed by atoms with van der Waals surface area (Å²) in [6.45, 7) is 8.89. The summed E-state index contributed by atoms with van der Waals surface area (Å²) in [5.41, 5.74) is 1.81. The third-order valence-electron chi connectivity index (χ3n) is 6.26. The Bertz CT molecular complexity index is 988. The third-order valence-corrected chi connectivity index (χ3v) is 6.26. The van der Waals surface area contributed by atoms with Crippen molar-refractivity contribution in [2.75, 3.05) is 32.0 Å². The standard InChI is InChI=1S/C25H34F2N4O2/c1-16(2)18-9-7-8-10-19(18)25(14-31(15-25)13-24(4,5)28-6)22(32)30-20-12-11-17(3)29-21(20)33-23(26)27/h7-12,16,23,28H,13-15H2,1-6H3,(H,30,32). The van der Waals surface area contributed by atoms with Gasteiger partial charge in [0.15, 0.2) is 0 Å². The highest BCUT2D eigenvalue weighted by Crippen LogP contribution is 2.41. The van der Waals surface area contributed by atoms with E-state index in [0.29, 0.717) is 18.8 Å². The molecular weight excluding hydrogens is 426 g/mol. The molecule has 2 heterocycles. The van der Waals surface area contributed by atoms with Crippen LogP contribution in [0.3, 0.4) is 0 Å². The Hall–Kier alpha value is -2.58. The zero-order chi connectivity index (χ0) is 24.4. The Kier molecular flexibility index (Phi) is 7.39. The Morgan fingerprint density at radius 2 is 1.88 bits per heavy atom. The first-order chi connectivity index (χ1) is 15.5. The van der Waals surface area contributed by atoms with Gasteiger partial charge in [0.2, 0.25) is 11.8 Å². The summed E-state index contributed by atoms with van der Waals surface area (Å²) in [5.74, 6) is -0.301. The van der Waals surface area contributed by atoms with Gasteiger partial charge in [-0.2, -0.15) is 8.78 Å². The fraction of sp³-hybridized carbons (Fsp3) is 0.520. The fourth-order valence-electron chi connectivity index (χ4n) is 4.38. The number of rotatable bonds is 9. The molecule has 6 nitrogen and oxygen atoms in total. The van der Waals surface area contributed by atoms with Gasteiger partial charge < -0.3 is 15.4 Å². The van der Waals surface area contributed by atoms with E-state index < -0.39 is 12.0 Å². The van der Waals surface area contributed by atoms with Crippen LogP contribution in [0.4, 0.5) is 14.5 Å². The lowest BCUT2D eigenvalue weighted by Gasteiger charge is -2.52. The molecule has 2 aromatic rings. The van der Waals surface area contributed by atoms with Crippen molar-refractivity contribution in [1.82, 2.24) is 15.2 Å². The molecule has 3 rings (SSSR count). The molecule has 0 saturated carbocycles. The summed E-state index contributed by atoms with van der Waals surface area (Å²) in [7, 11) is 1.92. The van der Waals surface area contributed by atoms with Crippen LogP contribution < -0.4 is 15.4 Å². The van der Waals surface area contributed by atoms with Crippen LogP contribution in [0, 0.1) is 6.92 Å². The zero-order valence-electron chi connectivity index (χ0n) is 20.2. The van der Waals surface area contributed by atoms with Gasteiger partial charge in [0.1, 0.15) is 5.69 Å². The Morgan fingerprint density at radius 3 is 2.48 bits per heavy atom. The maximum absolute atomic E-state index is 13.8. The Balaban J connectivity index is 1.96. The molecular formula is C25H34F2N4O2. The van der Waals surface area contributed by atoms with Crippen molar-refractivity contribution < 1.29 is 18.3 Å². The molecule has 180 valence electrons. The lowest BCUT2D eigenvalue weighted by Crippen LogP contribution is -2.68. The molecule has 1 amide bonds. The first-order valence-electron chi connectivity index (χ1n) is 11.2. The number of amides is 1. The second-order valence-corrected chi connectivity index (χ2v) is 9.74. The molecule has 8 heteroatoms. The minimum atomic E-state index is -3.03. The predicted molar refractivity (Wildman–Crippen MR) is 126 cm³/mol. The largest absolute Gasteiger partial charge is 0.415 e. The number of likely N-dealkylation sites (tertiary alicyclic amines) is 1. The topological polar surface area (TPSA) is 66.5 Å². The lowest BCUT2D eigenvalue weighted by molar-refractivity contribution is -0.128. The number of carbonyl (C=O) groups excluding carboxylic acids is 1. The van der Waals surface area contributed by atoms with Crippen molar-refractivity contribution in [1.29, 1.82) is 0 Å². The van der Waals surface area contributed by atoms with Gasteiger partial charge in [-0.25, -0.2) is 4.98 Å². The molecule has 33 heavy (non-hydrogen) atoms. The van der Waals surface area contributed by atoms with E-state index in [1.165, 1.54) is 0 Å². The van der Waals surface area contributed by atoms with Crippen molar-refractivity contribution in [3.63, 3.8) is 0 Å². The molecule has 1 aromatic heterocycles. The first-order valence-corrected chi connectivity index (χ1v) is 11.2. The van der Waals surface area contributed by atoms with Gasteiger partial charge in [0.25, 0.3) is 0 Å². The maximum atomic E-state index is 13.8. The van der Waals surface area contributed by atoms with Crippen molar-refractivity contribution in [3.05, 3.63) is 53.2 Å². The number of aromatic nitrogens is 1. The number of anilines is 1. The van der Waals surface area contributed by atoms with Gasteiger partial charge in [-0.05, 0) is 57.0 Å². The average molecular weight is 461 g/mol. The molecule has 0 spiro atoms. The fourth-order valence-corrected chi connectivity index (χ4v) is 4.38. The van der Waals surface area contributed by atoms with E-state index in [-0.39, 0.29) is 28.9 Å². The van der Waals surface area contributed by atoms with Crippen LogP contribution in [-0.4, -0.2) is 54.6 Å². The smallest absolute Gasteiger partial charge is 0.388 e. The van der Waals surface area contributed by atoms with Crippen LogP contribution >= 0.6 is 0 Å². The van der Waals surface area contributed by atoms with Crippen molar-refractivity contribution in [3.8, 4) is 5.88 Å². The van der Waals surface area contributed by atoms with E-state index in [1.807, 2.05) is 31.3 Å². The highest BCUT2D eigenvalue weighted by Gasteiger charge is 2.52. The molecule has 2 N–H and O–H groups in total. The van der Waals surface area contributed by atoms with E-state index in [1.54, 1.807) is 19.1 Å². The summed E-state index contributed by atoms with van der Waals surface area (Å²) >= 11 is 0. The number of pyridine rings is 1. The number of alkyl halides is 2. The van der Waals surface area contributed by atoms with Gasteiger partial charge in [-0.15, -0.1) is 0 Å². The summed E-state index contributed by atoms with van der Waals surface area (Å²) in [6, 6.07) is 11.2. The monoisotopic (exact) mass is 460 g/mol. The average Bonchev–Trinajstić information content (AvgIpc) is 2.71. The number of benzene rings is 1. The highest BCUT2D eigenvalue weighted by atomic mass is 19.3. The van der Waals surface area contributed by atoms with Crippen LogP contribution in [0.5, 0.6) is 5.88 Å².